The minimum Gasteiger partial charge on any atom is -0.379 e. The second-order valence-corrected chi connectivity index (χ2v) is 6.70. The molecule has 0 bridgehead atoms. The Kier molecular flexibility index (Phi) is 4.48. The summed E-state index contributed by atoms with van der Waals surface area (Å²) in [7, 11) is 0. The van der Waals surface area contributed by atoms with E-state index in [4.69, 9.17) is 15.5 Å². The highest BCUT2D eigenvalue weighted by molar-refractivity contribution is 5.77. The Hall–Kier alpha value is -3.02. The molecule has 1 aliphatic heterocycles. The third-order valence-electron chi connectivity index (χ3n) is 5.04. The zero-order chi connectivity index (χ0) is 19.0. The van der Waals surface area contributed by atoms with Gasteiger partial charge in [0.25, 0.3) is 11.2 Å². The Balaban J connectivity index is 1.90. The van der Waals surface area contributed by atoms with E-state index < -0.39 is 0 Å². The number of nitriles is 1. The number of aromatic nitrogens is 3. The summed E-state index contributed by atoms with van der Waals surface area (Å²) in [5, 5.41) is 9.86. The lowest BCUT2D eigenvalue weighted by atomic mass is 10.2. The molecule has 138 valence electrons. The highest BCUT2D eigenvalue weighted by atomic mass is 16.5. The lowest BCUT2D eigenvalue weighted by Gasteiger charge is -2.26. The maximum absolute atomic E-state index is 13.0. The first-order valence-electron chi connectivity index (χ1n) is 8.94. The van der Waals surface area contributed by atoms with Crippen molar-refractivity contribution < 1.29 is 9.30 Å². The molecule has 3 aromatic rings. The number of morpholine rings is 1. The van der Waals surface area contributed by atoms with Gasteiger partial charge in [-0.05, 0) is 19.1 Å². The monoisotopic (exact) mass is 365 g/mol. The molecule has 8 nitrogen and oxygen atoms in total. The van der Waals surface area contributed by atoms with Crippen molar-refractivity contribution in [3.63, 3.8) is 0 Å². The van der Waals surface area contributed by atoms with Crippen LogP contribution in [0.2, 0.25) is 0 Å². The van der Waals surface area contributed by atoms with Crippen molar-refractivity contribution in [3.05, 3.63) is 45.9 Å². The largest absolute Gasteiger partial charge is 0.379 e. The molecule has 0 amide bonds. The van der Waals surface area contributed by atoms with Crippen molar-refractivity contribution >= 4 is 22.5 Å². The van der Waals surface area contributed by atoms with Gasteiger partial charge < -0.3 is 10.5 Å². The normalized spacial score (nSPS) is 15.3. The number of nitrogens with zero attached hydrogens (tertiary/aromatic N) is 5. The molecule has 1 aliphatic rings. The Bertz CT molecular complexity index is 1130. The average Bonchev–Trinajstić information content (AvgIpc) is 2.69. The van der Waals surface area contributed by atoms with Crippen molar-refractivity contribution in [1.29, 1.82) is 5.26 Å². The number of aryl methyl sites for hydroxylation is 1. The molecule has 0 spiro atoms. The number of hydrogen-bond acceptors (Lipinski definition) is 6. The number of pyridine rings is 2. The fraction of sp³-hybridized carbons (Fsp3) is 0.368. The molecule has 0 aromatic carbocycles. The van der Waals surface area contributed by atoms with Gasteiger partial charge in [-0.2, -0.15) is 5.26 Å². The molecule has 4 rings (SSSR count). The zero-order valence-corrected chi connectivity index (χ0v) is 15.2. The molecule has 8 heteroatoms. The SMILES string of the molecule is Cc1cccn2c(=O)c3cc(C#N)c(N)[n+](CCN4CCOCC4)c3nc12. The van der Waals surface area contributed by atoms with E-state index >= 15 is 0 Å². The summed E-state index contributed by atoms with van der Waals surface area (Å²) in [6, 6.07) is 7.37. The number of nitrogens with two attached hydrogens (primary N) is 1. The van der Waals surface area contributed by atoms with Crippen LogP contribution in [0.5, 0.6) is 0 Å². The number of ether oxygens (including phenoxy) is 1. The summed E-state index contributed by atoms with van der Waals surface area (Å²) in [6.45, 7) is 6.34. The summed E-state index contributed by atoms with van der Waals surface area (Å²) < 4.78 is 8.69. The molecule has 0 saturated carbocycles. The molecule has 0 unspecified atom stereocenters. The van der Waals surface area contributed by atoms with Crippen LogP contribution >= 0.6 is 0 Å². The van der Waals surface area contributed by atoms with Crippen LogP contribution < -0.4 is 15.9 Å². The van der Waals surface area contributed by atoms with Gasteiger partial charge in [0.05, 0.1) is 19.8 Å². The second kappa shape index (κ2) is 6.95. The van der Waals surface area contributed by atoms with Crippen LogP contribution in [0.1, 0.15) is 11.1 Å². The van der Waals surface area contributed by atoms with Gasteiger partial charge >= 0.3 is 0 Å². The second-order valence-electron chi connectivity index (χ2n) is 6.70. The predicted octanol–water partition coefficient (Wildman–Crippen LogP) is 0.230. The number of fused-ring (bicyclic) bond motifs is 2. The van der Waals surface area contributed by atoms with Crippen LogP contribution in [0.15, 0.2) is 29.2 Å². The van der Waals surface area contributed by atoms with Gasteiger partial charge in [0.2, 0.25) is 11.5 Å². The van der Waals surface area contributed by atoms with Crippen molar-refractivity contribution in [2.24, 2.45) is 0 Å². The summed E-state index contributed by atoms with van der Waals surface area (Å²) in [5.74, 6) is 0.336. The van der Waals surface area contributed by atoms with Gasteiger partial charge in [0.1, 0.15) is 17.0 Å². The standard InChI is InChI=1S/C19H20N6O2/c1-13-3-2-4-25-17(13)22-18-15(19(25)26)11-14(12-20)16(21)24(18)6-5-23-7-9-27-10-8-23/h2-4,11,21H,5-10H2,1H3/p+1. The molecule has 0 radical (unpaired) electrons. The van der Waals surface area contributed by atoms with Crippen molar-refractivity contribution in [3.8, 4) is 6.07 Å². The van der Waals surface area contributed by atoms with E-state index in [0.29, 0.717) is 42.3 Å². The quantitative estimate of drug-likeness (QED) is 0.527. The highest BCUT2D eigenvalue weighted by Gasteiger charge is 2.22. The molecular weight excluding hydrogens is 344 g/mol. The number of hydrogen-bond donors (Lipinski definition) is 1. The lowest BCUT2D eigenvalue weighted by molar-refractivity contribution is -0.658. The van der Waals surface area contributed by atoms with Gasteiger partial charge in [-0.15, -0.1) is 0 Å². The summed E-state index contributed by atoms with van der Waals surface area (Å²) >= 11 is 0. The van der Waals surface area contributed by atoms with Gasteiger partial charge in [0, 0.05) is 31.4 Å². The Morgan fingerprint density at radius 1 is 1.41 bits per heavy atom. The van der Waals surface area contributed by atoms with E-state index in [1.807, 2.05) is 19.1 Å². The topological polar surface area (TPSA) is 101 Å². The molecule has 1 fully saturated rings. The number of nitrogen functional groups attached to an aromatic ring is 1. The smallest absolute Gasteiger partial charge is 0.278 e. The maximum atomic E-state index is 13.0. The molecule has 0 aliphatic carbocycles. The highest BCUT2D eigenvalue weighted by Crippen LogP contribution is 2.15. The van der Waals surface area contributed by atoms with E-state index in [1.54, 1.807) is 16.8 Å². The van der Waals surface area contributed by atoms with E-state index in [1.165, 1.54) is 4.40 Å². The maximum Gasteiger partial charge on any atom is 0.278 e. The zero-order valence-electron chi connectivity index (χ0n) is 15.2. The van der Waals surface area contributed by atoms with Gasteiger partial charge in [-0.25, -0.2) is 4.57 Å². The van der Waals surface area contributed by atoms with Crippen LogP contribution in [-0.2, 0) is 11.3 Å². The van der Waals surface area contributed by atoms with Crippen molar-refractivity contribution in [2.45, 2.75) is 13.5 Å². The Morgan fingerprint density at radius 2 is 2.19 bits per heavy atom. The third kappa shape index (κ3) is 3.01. The summed E-state index contributed by atoms with van der Waals surface area (Å²) in [5.41, 5.74) is 8.36. The van der Waals surface area contributed by atoms with Crippen LogP contribution in [0.25, 0.3) is 16.7 Å². The minimum absolute atomic E-state index is 0.199. The molecule has 4 heterocycles. The van der Waals surface area contributed by atoms with Crippen LogP contribution in [0.3, 0.4) is 0 Å². The van der Waals surface area contributed by atoms with Crippen molar-refractivity contribution in [2.75, 3.05) is 38.6 Å². The summed E-state index contributed by atoms with van der Waals surface area (Å²) in [4.78, 5) is 20.0. The summed E-state index contributed by atoms with van der Waals surface area (Å²) in [6.07, 6.45) is 1.69. The molecular formula is C19H21N6O2+. The molecule has 27 heavy (non-hydrogen) atoms. The van der Waals surface area contributed by atoms with E-state index in [2.05, 4.69) is 11.0 Å². The van der Waals surface area contributed by atoms with Gasteiger partial charge in [0.15, 0.2) is 0 Å². The van der Waals surface area contributed by atoms with E-state index in [9.17, 15) is 10.1 Å². The van der Waals surface area contributed by atoms with Crippen molar-refractivity contribution in [1.82, 2.24) is 14.3 Å². The fourth-order valence-corrected chi connectivity index (χ4v) is 3.49. The van der Waals surface area contributed by atoms with Crippen LogP contribution in [0, 0.1) is 18.3 Å². The van der Waals surface area contributed by atoms with Gasteiger partial charge in [-0.1, -0.05) is 11.1 Å². The first-order chi connectivity index (χ1) is 13.1. The lowest BCUT2D eigenvalue weighted by Crippen LogP contribution is -2.47. The first kappa shape index (κ1) is 17.4. The number of rotatable bonds is 3. The molecule has 1 saturated heterocycles. The van der Waals surface area contributed by atoms with E-state index in [-0.39, 0.29) is 11.1 Å². The van der Waals surface area contributed by atoms with E-state index in [0.717, 1.165) is 25.2 Å². The first-order valence-corrected chi connectivity index (χ1v) is 8.94. The van der Waals surface area contributed by atoms with Crippen LogP contribution in [0.4, 0.5) is 5.82 Å². The Morgan fingerprint density at radius 3 is 2.93 bits per heavy atom. The Labute approximate surface area is 156 Å². The molecule has 0 atom stereocenters. The third-order valence-corrected chi connectivity index (χ3v) is 5.04. The number of anilines is 1. The van der Waals surface area contributed by atoms with Crippen LogP contribution in [-0.4, -0.2) is 47.1 Å². The fourth-order valence-electron chi connectivity index (χ4n) is 3.49. The predicted molar refractivity (Wildman–Crippen MR) is 100 cm³/mol. The minimum atomic E-state index is -0.199. The molecule has 3 aromatic heterocycles. The van der Waals surface area contributed by atoms with Gasteiger partial charge in [-0.3, -0.25) is 14.1 Å². The molecule has 2 N–H and O–H groups in total. The average molecular weight is 365 g/mol.